The molecule has 0 aromatic carbocycles. The van der Waals surface area contributed by atoms with Gasteiger partial charge in [-0.05, 0) is 58.0 Å². The zero-order valence-corrected chi connectivity index (χ0v) is 15.4. The molecule has 0 bridgehead atoms. The summed E-state index contributed by atoms with van der Waals surface area (Å²) in [6.45, 7) is 7.55. The molecule has 0 saturated carbocycles. The van der Waals surface area contributed by atoms with Crippen LogP contribution in [0.3, 0.4) is 0 Å². The third-order valence-electron chi connectivity index (χ3n) is 4.50. The van der Waals surface area contributed by atoms with Crippen molar-refractivity contribution in [3.05, 3.63) is 46.6 Å². The Morgan fingerprint density at radius 1 is 1.20 bits per heavy atom. The zero-order chi connectivity index (χ0) is 18.2. The first kappa shape index (κ1) is 17.8. The number of nitriles is 1. The van der Waals surface area contributed by atoms with Gasteiger partial charge in [-0.15, -0.1) is 11.3 Å². The van der Waals surface area contributed by atoms with Crippen molar-refractivity contribution in [1.82, 2.24) is 4.98 Å². The van der Waals surface area contributed by atoms with Crippen LogP contribution in [0.25, 0.3) is 16.6 Å². The molecule has 0 unspecified atom stereocenters. The van der Waals surface area contributed by atoms with E-state index in [1.54, 1.807) is 12.1 Å². The minimum Gasteiger partial charge on any atom is -0.398 e. The van der Waals surface area contributed by atoms with Crippen LogP contribution in [0.4, 0.5) is 4.39 Å². The van der Waals surface area contributed by atoms with Gasteiger partial charge < -0.3 is 9.31 Å². The van der Waals surface area contributed by atoms with Crippen LogP contribution in [-0.4, -0.2) is 23.3 Å². The van der Waals surface area contributed by atoms with Gasteiger partial charge in [-0.1, -0.05) is 6.07 Å². The summed E-state index contributed by atoms with van der Waals surface area (Å²) in [4.78, 5) is 5.85. The van der Waals surface area contributed by atoms with E-state index in [9.17, 15) is 4.39 Å². The lowest BCUT2D eigenvalue weighted by Crippen LogP contribution is -2.41. The number of halogens is 1. The van der Waals surface area contributed by atoms with Crippen molar-refractivity contribution in [3.63, 3.8) is 0 Å². The number of pyridine rings is 1. The molecule has 7 heteroatoms. The topological polar surface area (TPSA) is 55.1 Å². The molecule has 0 spiro atoms. The van der Waals surface area contributed by atoms with E-state index in [0.29, 0.717) is 11.4 Å². The second-order valence-electron chi connectivity index (χ2n) is 6.84. The Kier molecular flexibility index (Phi) is 4.54. The van der Waals surface area contributed by atoms with Gasteiger partial charge in [0.15, 0.2) is 0 Å². The number of hydrogen-bond acceptors (Lipinski definition) is 5. The van der Waals surface area contributed by atoms with Crippen LogP contribution in [0, 0.1) is 11.3 Å². The van der Waals surface area contributed by atoms with Crippen molar-refractivity contribution < 1.29 is 13.7 Å². The van der Waals surface area contributed by atoms with E-state index in [-0.39, 0.29) is 0 Å². The first-order valence-corrected chi connectivity index (χ1v) is 8.73. The fraction of sp³-hybridized carbons (Fsp3) is 0.333. The molecular formula is C18H18BFN2O2S. The fourth-order valence-corrected chi connectivity index (χ4v) is 3.28. The Bertz CT molecular complexity index is 854. The SMILES string of the molecule is CC1(C)OB(C(F)=Cc2ccc(-c3cccc(C#N)n3)s2)OC1(C)C. The van der Waals surface area contributed by atoms with Crippen molar-refractivity contribution in [2.45, 2.75) is 38.9 Å². The van der Waals surface area contributed by atoms with Crippen LogP contribution < -0.4 is 0 Å². The van der Waals surface area contributed by atoms with Gasteiger partial charge in [-0.25, -0.2) is 9.37 Å². The van der Waals surface area contributed by atoms with E-state index in [1.165, 1.54) is 17.4 Å². The molecule has 1 fully saturated rings. The maximum absolute atomic E-state index is 14.6. The minimum absolute atomic E-state index is 0.353. The molecule has 1 saturated heterocycles. The predicted molar refractivity (Wildman–Crippen MR) is 97.4 cm³/mol. The summed E-state index contributed by atoms with van der Waals surface area (Å²) in [5.41, 5.74) is -0.576. The van der Waals surface area contributed by atoms with E-state index in [1.807, 2.05) is 52.0 Å². The van der Waals surface area contributed by atoms with E-state index < -0.39 is 24.0 Å². The Labute approximate surface area is 151 Å². The summed E-state index contributed by atoms with van der Waals surface area (Å²) in [6.07, 6.45) is 1.42. The molecule has 3 rings (SSSR count). The van der Waals surface area contributed by atoms with Gasteiger partial charge >= 0.3 is 7.12 Å². The molecule has 4 nitrogen and oxygen atoms in total. The lowest BCUT2D eigenvalue weighted by atomic mass is 9.87. The van der Waals surface area contributed by atoms with Crippen LogP contribution in [0.5, 0.6) is 0 Å². The van der Waals surface area contributed by atoms with E-state index in [4.69, 9.17) is 14.6 Å². The molecule has 2 aromatic heterocycles. The molecule has 25 heavy (non-hydrogen) atoms. The Balaban J connectivity index is 1.81. The Morgan fingerprint density at radius 2 is 1.88 bits per heavy atom. The number of rotatable bonds is 3. The van der Waals surface area contributed by atoms with Gasteiger partial charge in [0, 0.05) is 4.88 Å². The lowest BCUT2D eigenvalue weighted by molar-refractivity contribution is 0.00578. The molecular weight excluding hydrogens is 338 g/mol. The van der Waals surface area contributed by atoms with Crippen LogP contribution in [0.1, 0.15) is 38.3 Å². The molecule has 3 heterocycles. The van der Waals surface area contributed by atoms with Gasteiger partial charge in [0.25, 0.3) is 0 Å². The van der Waals surface area contributed by atoms with Crippen LogP contribution >= 0.6 is 11.3 Å². The second kappa shape index (κ2) is 6.38. The monoisotopic (exact) mass is 356 g/mol. The standard InChI is InChI=1S/C18H18BFN2O2S/c1-17(2)18(3,4)24-19(23-17)16(20)10-13-8-9-15(25-13)14-7-5-6-12(11-21)22-14/h5-10H,1-4H3. The largest absolute Gasteiger partial charge is 0.525 e. The fourth-order valence-electron chi connectivity index (χ4n) is 2.36. The molecule has 2 aromatic rings. The average molecular weight is 356 g/mol. The molecule has 128 valence electrons. The van der Waals surface area contributed by atoms with Crippen LogP contribution in [0.2, 0.25) is 0 Å². The van der Waals surface area contributed by atoms with Crippen molar-refractivity contribution >= 4 is 24.5 Å². The summed E-state index contributed by atoms with van der Waals surface area (Å²) in [5.74, 6) is 0. The van der Waals surface area contributed by atoms with E-state index in [0.717, 1.165) is 9.75 Å². The maximum atomic E-state index is 14.6. The summed E-state index contributed by atoms with van der Waals surface area (Å²) in [5, 5.41) is 8.94. The highest BCUT2D eigenvalue weighted by Gasteiger charge is 2.53. The van der Waals surface area contributed by atoms with Crippen molar-refractivity contribution in [1.29, 1.82) is 5.26 Å². The number of thiophene rings is 1. The highest BCUT2D eigenvalue weighted by molar-refractivity contribution is 7.16. The lowest BCUT2D eigenvalue weighted by Gasteiger charge is -2.32. The first-order chi connectivity index (χ1) is 11.7. The quantitative estimate of drug-likeness (QED) is 0.753. The van der Waals surface area contributed by atoms with Gasteiger partial charge in [0.2, 0.25) is 0 Å². The maximum Gasteiger partial charge on any atom is 0.525 e. The third kappa shape index (κ3) is 3.52. The first-order valence-electron chi connectivity index (χ1n) is 7.92. The molecule has 0 aliphatic carbocycles. The van der Waals surface area contributed by atoms with Gasteiger partial charge in [0.1, 0.15) is 17.5 Å². The molecule has 0 radical (unpaired) electrons. The van der Waals surface area contributed by atoms with E-state index in [2.05, 4.69) is 4.98 Å². The van der Waals surface area contributed by atoms with Crippen LogP contribution in [-0.2, 0) is 9.31 Å². The smallest absolute Gasteiger partial charge is 0.398 e. The predicted octanol–water partition coefficient (Wildman–Crippen LogP) is 4.62. The highest BCUT2D eigenvalue weighted by Crippen LogP contribution is 2.39. The highest BCUT2D eigenvalue weighted by atomic mass is 32.1. The number of nitrogens with zero attached hydrogens (tertiary/aromatic N) is 2. The van der Waals surface area contributed by atoms with Gasteiger partial charge in [0.05, 0.1) is 21.8 Å². The Hall–Kier alpha value is -2.01. The summed E-state index contributed by atoms with van der Waals surface area (Å²) >= 11 is 1.39. The molecule has 0 N–H and O–H groups in total. The van der Waals surface area contributed by atoms with Crippen LogP contribution in [0.15, 0.2) is 36.1 Å². The van der Waals surface area contributed by atoms with Crippen molar-refractivity contribution in [3.8, 4) is 16.6 Å². The van der Waals surface area contributed by atoms with Crippen molar-refractivity contribution in [2.24, 2.45) is 0 Å². The molecule has 0 atom stereocenters. The molecule has 1 aliphatic heterocycles. The summed E-state index contributed by atoms with van der Waals surface area (Å²) in [7, 11) is -1.00. The normalized spacial score (nSPS) is 19.0. The van der Waals surface area contributed by atoms with Gasteiger partial charge in [-0.2, -0.15) is 5.26 Å². The van der Waals surface area contributed by atoms with E-state index >= 15 is 0 Å². The number of hydrogen-bond donors (Lipinski definition) is 0. The second-order valence-corrected chi connectivity index (χ2v) is 7.95. The third-order valence-corrected chi connectivity index (χ3v) is 5.56. The summed E-state index contributed by atoms with van der Waals surface area (Å²) < 4.78 is 26.0. The number of aromatic nitrogens is 1. The molecule has 1 aliphatic rings. The average Bonchev–Trinajstić information content (AvgIpc) is 3.10. The van der Waals surface area contributed by atoms with Gasteiger partial charge in [-0.3, -0.25) is 0 Å². The minimum atomic E-state index is -1.00. The van der Waals surface area contributed by atoms with Crippen molar-refractivity contribution in [2.75, 3.05) is 0 Å². The summed E-state index contributed by atoms with van der Waals surface area (Å²) in [6, 6.07) is 10.9. The Morgan fingerprint density at radius 3 is 2.52 bits per heavy atom. The zero-order valence-electron chi connectivity index (χ0n) is 14.5. The molecule has 0 amide bonds.